The summed E-state index contributed by atoms with van der Waals surface area (Å²) in [5.74, 6) is -4.70. The van der Waals surface area contributed by atoms with Crippen molar-refractivity contribution in [3.63, 3.8) is 0 Å². The van der Waals surface area contributed by atoms with Crippen LogP contribution in [0.3, 0.4) is 0 Å². The highest BCUT2D eigenvalue weighted by Gasteiger charge is 2.15. The van der Waals surface area contributed by atoms with Gasteiger partial charge in [0, 0.05) is 20.2 Å². The van der Waals surface area contributed by atoms with Crippen LogP contribution in [0.25, 0.3) is 0 Å². The van der Waals surface area contributed by atoms with E-state index in [2.05, 4.69) is 20.9 Å². The van der Waals surface area contributed by atoms with Gasteiger partial charge in [0.2, 0.25) is 5.91 Å². The Labute approximate surface area is 155 Å². The molecular weight excluding hydrogens is 440 g/mol. The minimum atomic E-state index is -1.64. The fraction of sp³-hybridized carbons (Fsp3) is 0.429. The van der Waals surface area contributed by atoms with Crippen molar-refractivity contribution in [3.05, 3.63) is 29.6 Å². The van der Waals surface area contributed by atoms with Gasteiger partial charge in [-0.25, -0.2) is 18.2 Å². The number of methoxy groups -OCH3 is 1. The van der Waals surface area contributed by atoms with Gasteiger partial charge in [-0.05, 0) is 19.1 Å². The SMILES string of the molecule is CCNC(=NCC(=O)Nc1ccc(F)c(F)c1F)NCCOC.I. The van der Waals surface area contributed by atoms with Crippen LogP contribution in [0.1, 0.15) is 6.92 Å². The fourth-order valence-corrected chi connectivity index (χ4v) is 1.58. The maximum Gasteiger partial charge on any atom is 0.246 e. The van der Waals surface area contributed by atoms with Gasteiger partial charge in [0.05, 0.1) is 12.3 Å². The standard InChI is InChI=1S/C14H19F3N4O2.HI/c1-3-18-14(19-6-7-23-2)20-8-11(22)21-10-5-4-9(15)12(16)13(10)17;/h4-5H,3,6-8H2,1-2H3,(H,21,22)(H2,18,19,20);1H. The van der Waals surface area contributed by atoms with Crippen LogP contribution >= 0.6 is 24.0 Å². The van der Waals surface area contributed by atoms with Crippen LogP contribution in [0.4, 0.5) is 18.9 Å². The van der Waals surface area contributed by atoms with Crippen molar-refractivity contribution in [2.24, 2.45) is 4.99 Å². The molecule has 24 heavy (non-hydrogen) atoms. The van der Waals surface area contributed by atoms with Crippen molar-refractivity contribution < 1.29 is 22.7 Å². The van der Waals surface area contributed by atoms with Crippen LogP contribution in [0.2, 0.25) is 0 Å². The van der Waals surface area contributed by atoms with Gasteiger partial charge >= 0.3 is 0 Å². The van der Waals surface area contributed by atoms with Crippen molar-refractivity contribution >= 4 is 41.5 Å². The van der Waals surface area contributed by atoms with Crippen molar-refractivity contribution in [1.29, 1.82) is 0 Å². The Kier molecular flexibility index (Phi) is 11.1. The molecular formula is C14H20F3IN4O2. The third-order valence-corrected chi connectivity index (χ3v) is 2.63. The average molecular weight is 460 g/mol. The summed E-state index contributed by atoms with van der Waals surface area (Å²) >= 11 is 0. The van der Waals surface area contributed by atoms with Crippen LogP contribution in [-0.2, 0) is 9.53 Å². The number of carbonyl (C=O) groups is 1. The molecule has 0 aliphatic rings. The van der Waals surface area contributed by atoms with Gasteiger partial charge < -0.3 is 20.7 Å². The number of benzene rings is 1. The summed E-state index contributed by atoms with van der Waals surface area (Å²) in [5, 5.41) is 7.96. The van der Waals surface area contributed by atoms with Gasteiger partial charge in [-0.1, -0.05) is 0 Å². The molecule has 1 aromatic rings. The number of carbonyl (C=O) groups excluding carboxylic acids is 1. The van der Waals surface area contributed by atoms with E-state index in [4.69, 9.17) is 4.74 Å². The van der Waals surface area contributed by atoms with E-state index in [1.54, 1.807) is 7.11 Å². The minimum Gasteiger partial charge on any atom is -0.383 e. The first-order valence-electron chi connectivity index (χ1n) is 6.94. The van der Waals surface area contributed by atoms with Crippen molar-refractivity contribution in [2.45, 2.75) is 6.92 Å². The number of aliphatic imine (C=N–C) groups is 1. The van der Waals surface area contributed by atoms with E-state index in [0.717, 1.165) is 12.1 Å². The number of anilines is 1. The lowest BCUT2D eigenvalue weighted by Gasteiger charge is -2.11. The van der Waals surface area contributed by atoms with E-state index >= 15 is 0 Å². The Balaban J connectivity index is 0.00000529. The molecule has 6 nitrogen and oxygen atoms in total. The third-order valence-electron chi connectivity index (χ3n) is 2.63. The quantitative estimate of drug-likeness (QED) is 0.191. The molecule has 0 aromatic heterocycles. The Morgan fingerprint density at radius 1 is 1.21 bits per heavy atom. The smallest absolute Gasteiger partial charge is 0.246 e. The zero-order chi connectivity index (χ0) is 17.2. The molecule has 0 aliphatic heterocycles. The maximum atomic E-state index is 13.4. The molecule has 136 valence electrons. The van der Waals surface area contributed by atoms with Gasteiger partial charge in [-0.3, -0.25) is 4.79 Å². The van der Waals surface area contributed by atoms with Crippen molar-refractivity contribution in [1.82, 2.24) is 10.6 Å². The van der Waals surface area contributed by atoms with Crippen LogP contribution in [0, 0.1) is 17.5 Å². The Morgan fingerprint density at radius 3 is 2.54 bits per heavy atom. The van der Waals surface area contributed by atoms with Crippen LogP contribution in [-0.4, -0.2) is 45.2 Å². The molecule has 1 aromatic carbocycles. The molecule has 3 N–H and O–H groups in total. The second-order valence-electron chi connectivity index (χ2n) is 4.39. The molecule has 0 radical (unpaired) electrons. The number of rotatable bonds is 7. The number of guanidine groups is 1. The normalized spacial score (nSPS) is 10.8. The van der Waals surface area contributed by atoms with Crippen molar-refractivity contribution in [3.8, 4) is 0 Å². The molecule has 0 unspecified atom stereocenters. The highest BCUT2D eigenvalue weighted by atomic mass is 127. The molecule has 1 rings (SSSR count). The zero-order valence-electron chi connectivity index (χ0n) is 13.3. The van der Waals surface area contributed by atoms with Crippen LogP contribution in [0.15, 0.2) is 17.1 Å². The average Bonchev–Trinajstić information content (AvgIpc) is 2.53. The number of ether oxygens (including phenoxy) is 1. The third kappa shape index (κ3) is 7.34. The zero-order valence-corrected chi connectivity index (χ0v) is 15.6. The summed E-state index contributed by atoms with van der Waals surface area (Å²) in [5.41, 5.74) is -0.443. The van der Waals surface area contributed by atoms with Gasteiger partial charge in [-0.2, -0.15) is 0 Å². The minimum absolute atomic E-state index is 0. The highest BCUT2D eigenvalue weighted by Crippen LogP contribution is 2.19. The van der Waals surface area contributed by atoms with E-state index < -0.39 is 29.0 Å². The van der Waals surface area contributed by atoms with Crippen LogP contribution in [0.5, 0.6) is 0 Å². The molecule has 0 aliphatic carbocycles. The monoisotopic (exact) mass is 460 g/mol. The number of hydrogen-bond acceptors (Lipinski definition) is 3. The van der Waals surface area contributed by atoms with Crippen LogP contribution < -0.4 is 16.0 Å². The first-order chi connectivity index (χ1) is 11.0. The number of nitrogens with one attached hydrogen (secondary N) is 3. The Bertz CT molecular complexity index is 573. The fourth-order valence-electron chi connectivity index (χ4n) is 1.58. The van der Waals surface area contributed by atoms with Gasteiger partial charge in [0.1, 0.15) is 6.54 Å². The highest BCUT2D eigenvalue weighted by molar-refractivity contribution is 14.0. The molecule has 0 spiro atoms. The first-order valence-corrected chi connectivity index (χ1v) is 6.94. The van der Waals surface area contributed by atoms with E-state index in [9.17, 15) is 18.0 Å². The number of nitrogens with zero attached hydrogens (tertiary/aromatic N) is 1. The molecule has 0 saturated heterocycles. The summed E-state index contributed by atoms with van der Waals surface area (Å²) in [6.45, 7) is 3.06. The van der Waals surface area contributed by atoms with E-state index in [1.165, 1.54) is 0 Å². The number of hydrogen-bond donors (Lipinski definition) is 3. The molecule has 0 bridgehead atoms. The predicted molar refractivity (Wildman–Crippen MR) is 96.2 cm³/mol. The van der Waals surface area contributed by atoms with E-state index in [1.807, 2.05) is 6.92 Å². The molecule has 1 amide bonds. The topological polar surface area (TPSA) is 74.8 Å². The second-order valence-corrected chi connectivity index (χ2v) is 4.39. The summed E-state index contributed by atoms with van der Waals surface area (Å²) < 4.78 is 44.2. The van der Waals surface area contributed by atoms with Gasteiger partial charge in [0.15, 0.2) is 23.4 Å². The molecule has 0 heterocycles. The van der Waals surface area contributed by atoms with Gasteiger partial charge in [-0.15, -0.1) is 24.0 Å². The maximum absolute atomic E-state index is 13.4. The molecule has 10 heteroatoms. The Hall–Kier alpha value is -1.56. The lowest BCUT2D eigenvalue weighted by molar-refractivity contribution is -0.114. The first kappa shape index (κ1) is 22.4. The molecule has 0 fully saturated rings. The van der Waals surface area contributed by atoms with E-state index in [0.29, 0.717) is 25.7 Å². The number of halogens is 4. The summed E-state index contributed by atoms with van der Waals surface area (Å²) in [4.78, 5) is 15.7. The summed E-state index contributed by atoms with van der Waals surface area (Å²) in [6.07, 6.45) is 0. The molecule has 0 saturated carbocycles. The summed E-state index contributed by atoms with van der Waals surface area (Å²) in [7, 11) is 1.55. The van der Waals surface area contributed by atoms with Gasteiger partial charge in [0.25, 0.3) is 0 Å². The largest absolute Gasteiger partial charge is 0.383 e. The summed E-state index contributed by atoms with van der Waals surface area (Å²) in [6, 6.07) is 1.67. The Morgan fingerprint density at radius 2 is 1.92 bits per heavy atom. The second kappa shape index (κ2) is 11.9. The lowest BCUT2D eigenvalue weighted by atomic mass is 10.3. The van der Waals surface area contributed by atoms with Crippen molar-refractivity contribution in [2.75, 3.05) is 38.7 Å². The lowest BCUT2D eigenvalue weighted by Crippen LogP contribution is -2.39. The van der Waals surface area contributed by atoms with E-state index in [-0.39, 0.29) is 30.5 Å². The predicted octanol–water partition coefficient (Wildman–Crippen LogP) is 1.86. The number of amides is 1. The molecule has 0 atom stereocenters.